The van der Waals surface area contributed by atoms with E-state index in [4.69, 9.17) is 4.74 Å². The minimum absolute atomic E-state index is 0.204. The monoisotopic (exact) mass is 367 g/mol. The molecule has 3 heteroatoms. The average molecular weight is 367 g/mol. The fraction of sp³-hybridized carbons (Fsp3) is 0.250. The van der Waals surface area contributed by atoms with E-state index in [0.717, 1.165) is 12.3 Å². The van der Waals surface area contributed by atoms with E-state index in [-0.39, 0.29) is 6.04 Å². The number of hydrogen-bond donors (Lipinski definition) is 1. The Kier molecular flexibility index (Phi) is 5.22. The van der Waals surface area contributed by atoms with E-state index >= 15 is 0 Å². The summed E-state index contributed by atoms with van der Waals surface area (Å²) >= 11 is 2.35. The van der Waals surface area contributed by atoms with Crippen molar-refractivity contribution in [3.05, 3.63) is 63.2 Å². The summed E-state index contributed by atoms with van der Waals surface area (Å²) in [6.45, 7) is 3.05. The second kappa shape index (κ2) is 6.91. The molecule has 0 heterocycles. The van der Waals surface area contributed by atoms with Gasteiger partial charge in [0, 0.05) is 3.57 Å². The van der Waals surface area contributed by atoms with Crippen LogP contribution in [0.5, 0.6) is 5.75 Å². The van der Waals surface area contributed by atoms with E-state index in [2.05, 4.69) is 71.2 Å². The molecule has 0 aliphatic rings. The molecule has 2 rings (SSSR count). The molecule has 1 atom stereocenters. The van der Waals surface area contributed by atoms with Gasteiger partial charge in [0.1, 0.15) is 5.75 Å². The molecule has 2 nitrogen and oxygen atoms in total. The Morgan fingerprint density at radius 2 is 1.79 bits per heavy atom. The van der Waals surface area contributed by atoms with Gasteiger partial charge in [-0.1, -0.05) is 31.2 Å². The van der Waals surface area contributed by atoms with Gasteiger partial charge in [-0.2, -0.15) is 0 Å². The minimum atomic E-state index is 0.204. The van der Waals surface area contributed by atoms with E-state index in [1.165, 1.54) is 14.7 Å². The molecule has 0 aliphatic heterocycles. The summed E-state index contributed by atoms with van der Waals surface area (Å²) in [6.07, 6.45) is 0. The summed E-state index contributed by atoms with van der Waals surface area (Å²) in [5.41, 5.74) is 2.50. The van der Waals surface area contributed by atoms with Crippen LogP contribution < -0.4 is 10.1 Å². The molecule has 1 N–H and O–H groups in total. The number of ether oxygens (including phenoxy) is 1. The molecule has 1 unspecified atom stereocenters. The number of hydrogen-bond acceptors (Lipinski definition) is 2. The predicted molar refractivity (Wildman–Crippen MR) is 87.7 cm³/mol. The van der Waals surface area contributed by atoms with E-state index in [1.807, 2.05) is 12.1 Å². The zero-order valence-electron chi connectivity index (χ0n) is 11.2. The highest BCUT2D eigenvalue weighted by molar-refractivity contribution is 14.1. The highest BCUT2D eigenvalue weighted by Gasteiger charge is 2.13. The Hall–Kier alpha value is -1.07. The summed E-state index contributed by atoms with van der Waals surface area (Å²) in [4.78, 5) is 0. The first-order valence-corrected chi connectivity index (χ1v) is 7.45. The van der Waals surface area contributed by atoms with Gasteiger partial charge in [0.25, 0.3) is 0 Å². The molecule has 0 aliphatic carbocycles. The van der Waals surface area contributed by atoms with Gasteiger partial charge in [-0.15, -0.1) is 0 Å². The maximum atomic E-state index is 5.31. The molecule has 0 saturated carbocycles. The second-order valence-corrected chi connectivity index (χ2v) is 5.57. The Bertz CT molecular complexity index is 542. The first-order valence-electron chi connectivity index (χ1n) is 6.37. The van der Waals surface area contributed by atoms with Crippen LogP contribution >= 0.6 is 22.6 Å². The smallest absolute Gasteiger partial charge is 0.119 e. The van der Waals surface area contributed by atoms with Crippen LogP contribution in [0.3, 0.4) is 0 Å². The van der Waals surface area contributed by atoms with Crippen molar-refractivity contribution in [2.75, 3.05) is 13.7 Å². The molecule has 2 aromatic rings. The standard InChI is InChI=1S/C16H18INO/c1-3-18-16(12-6-4-8-14(17)10-12)13-7-5-9-15(11-13)19-2/h4-11,16,18H,3H2,1-2H3. The second-order valence-electron chi connectivity index (χ2n) is 4.32. The van der Waals surface area contributed by atoms with Gasteiger partial charge >= 0.3 is 0 Å². The molecule has 0 amide bonds. The lowest BCUT2D eigenvalue weighted by atomic mass is 9.98. The minimum Gasteiger partial charge on any atom is -0.497 e. The summed E-state index contributed by atoms with van der Waals surface area (Å²) in [7, 11) is 1.70. The topological polar surface area (TPSA) is 21.3 Å². The van der Waals surface area contributed by atoms with Crippen LogP contribution in [0.2, 0.25) is 0 Å². The SMILES string of the molecule is CCNC(c1cccc(I)c1)c1cccc(OC)c1. The average Bonchev–Trinajstić information content (AvgIpc) is 2.45. The molecule has 19 heavy (non-hydrogen) atoms. The Morgan fingerprint density at radius 1 is 1.11 bits per heavy atom. The molecular weight excluding hydrogens is 349 g/mol. The summed E-state index contributed by atoms with van der Waals surface area (Å²) in [5.74, 6) is 0.894. The van der Waals surface area contributed by atoms with E-state index in [1.54, 1.807) is 7.11 Å². The fourth-order valence-corrected chi connectivity index (χ4v) is 2.71. The van der Waals surface area contributed by atoms with E-state index in [9.17, 15) is 0 Å². The molecule has 0 bridgehead atoms. The zero-order valence-corrected chi connectivity index (χ0v) is 13.3. The van der Waals surface area contributed by atoms with Crippen LogP contribution in [0.4, 0.5) is 0 Å². The van der Waals surface area contributed by atoms with Gasteiger partial charge in [-0.3, -0.25) is 0 Å². The first-order chi connectivity index (χ1) is 9.24. The number of benzene rings is 2. The quantitative estimate of drug-likeness (QED) is 0.807. The third kappa shape index (κ3) is 3.70. The number of halogens is 1. The Morgan fingerprint density at radius 3 is 2.42 bits per heavy atom. The highest BCUT2D eigenvalue weighted by atomic mass is 127. The molecule has 0 aromatic heterocycles. The summed E-state index contributed by atoms with van der Waals surface area (Å²) < 4.78 is 6.56. The largest absolute Gasteiger partial charge is 0.497 e. The van der Waals surface area contributed by atoms with Crippen LogP contribution in [-0.2, 0) is 0 Å². The Balaban J connectivity index is 2.38. The molecule has 0 spiro atoms. The maximum absolute atomic E-state index is 5.31. The van der Waals surface area contributed by atoms with Crippen molar-refractivity contribution in [1.29, 1.82) is 0 Å². The maximum Gasteiger partial charge on any atom is 0.119 e. The van der Waals surface area contributed by atoms with E-state index in [0.29, 0.717) is 0 Å². The van der Waals surface area contributed by atoms with Gasteiger partial charge in [0.05, 0.1) is 13.2 Å². The lowest BCUT2D eigenvalue weighted by Crippen LogP contribution is -2.22. The number of rotatable bonds is 5. The van der Waals surface area contributed by atoms with Crippen LogP contribution in [-0.4, -0.2) is 13.7 Å². The third-order valence-electron chi connectivity index (χ3n) is 3.02. The normalized spacial score (nSPS) is 12.2. The van der Waals surface area contributed by atoms with Gasteiger partial charge in [0.15, 0.2) is 0 Å². The van der Waals surface area contributed by atoms with Crippen molar-refractivity contribution in [2.45, 2.75) is 13.0 Å². The molecular formula is C16H18INO. The molecule has 0 saturated heterocycles. The van der Waals surface area contributed by atoms with Crippen molar-refractivity contribution in [2.24, 2.45) is 0 Å². The predicted octanol–water partition coefficient (Wildman–Crippen LogP) is 4.00. The number of nitrogens with one attached hydrogen (secondary N) is 1. The third-order valence-corrected chi connectivity index (χ3v) is 3.69. The first kappa shape index (κ1) is 14.3. The molecule has 100 valence electrons. The summed E-state index contributed by atoms with van der Waals surface area (Å²) in [5, 5.41) is 3.53. The summed E-state index contributed by atoms with van der Waals surface area (Å²) in [6, 6.07) is 17.0. The zero-order chi connectivity index (χ0) is 13.7. The van der Waals surface area contributed by atoms with Crippen molar-refractivity contribution in [3.63, 3.8) is 0 Å². The van der Waals surface area contributed by atoms with Gasteiger partial charge in [-0.05, 0) is 64.5 Å². The molecule has 0 radical (unpaired) electrons. The van der Waals surface area contributed by atoms with Gasteiger partial charge in [0.2, 0.25) is 0 Å². The van der Waals surface area contributed by atoms with Crippen LogP contribution in [0.25, 0.3) is 0 Å². The van der Waals surface area contributed by atoms with Crippen molar-refractivity contribution < 1.29 is 4.74 Å². The van der Waals surface area contributed by atoms with Crippen molar-refractivity contribution in [3.8, 4) is 5.75 Å². The fourth-order valence-electron chi connectivity index (χ4n) is 2.14. The Labute approximate surface area is 128 Å². The molecule has 2 aromatic carbocycles. The van der Waals surface area contributed by atoms with Gasteiger partial charge < -0.3 is 10.1 Å². The van der Waals surface area contributed by atoms with Crippen molar-refractivity contribution in [1.82, 2.24) is 5.32 Å². The lowest BCUT2D eigenvalue weighted by molar-refractivity contribution is 0.413. The number of methoxy groups -OCH3 is 1. The molecule has 0 fully saturated rings. The van der Waals surface area contributed by atoms with Crippen LogP contribution in [0.15, 0.2) is 48.5 Å². The lowest BCUT2D eigenvalue weighted by Gasteiger charge is -2.19. The van der Waals surface area contributed by atoms with Crippen molar-refractivity contribution >= 4 is 22.6 Å². The highest BCUT2D eigenvalue weighted by Crippen LogP contribution is 2.26. The van der Waals surface area contributed by atoms with Gasteiger partial charge in [-0.25, -0.2) is 0 Å². The van der Waals surface area contributed by atoms with Crippen LogP contribution in [0.1, 0.15) is 24.1 Å². The van der Waals surface area contributed by atoms with E-state index < -0.39 is 0 Å². The van der Waals surface area contributed by atoms with Crippen LogP contribution in [0, 0.1) is 3.57 Å².